The third-order valence-electron chi connectivity index (χ3n) is 18.7. The van der Waals surface area contributed by atoms with Crippen molar-refractivity contribution in [1.82, 2.24) is 0 Å². The normalized spacial score (nSPS) is 14.3. The van der Waals surface area contributed by atoms with Gasteiger partial charge >= 0.3 is 39.5 Å². The largest absolute Gasteiger partial charge is 0.472 e. The highest BCUT2D eigenvalue weighted by atomic mass is 31.2. The van der Waals surface area contributed by atoms with Crippen LogP contribution in [-0.2, 0) is 65.4 Å². The molecule has 0 saturated heterocycles. The number of phosphoric acid groups is 2. The van der Waals surface area contributed by atoms with Crippen LogP contribution in [-0.4, -0.2) is 96.7 Å². The number of esters is 4. The monoisotopic (exact) mass is 1440 g/mol. The summed E-state index contributed by atoms with van der Waals surface area (Å²) in [5, 5.41) is 10.6. The number of carbonyl (C=O) groups excluding carboxylic acids is 4. The number of ether oxygens (including phenoxy) is 4. The second-order valence-electron chi connectivity index (χ2n) is 29.6. The zero-order chi connectivity index (χ0) is 72.3. The first-order chi connectivity index (χ1) is 47.3. The fraction of sp³-hybridized carbons (Fsp3) is 0.949. The van der Waals surface area contributed by atoms with Crippen molar-refractivity contribution < 1.29 is 80.2 Å². The summed E-state index contributed by atoms with van der Waals surface area (Å²) >= 11 is 0. The molecule has 98 heavy (non-hydrogen) atoms. The Hall–Kier alpha value is -1.94. The molecular weight excluding hydrogens is 1280 g/mol. The Kier molecular flexibility index (Phi) is 68.1. The van der Waals surface area contributed by atoms with E-state index in [0.717, 1.165) is 120 Å². The quantitative estimate of drug-likeness (QED) is 0.0222. The van der Waals surface area contributed by atoms with E-state index in [4.69, 9.17) is 37.0 Å². The van der Waals surface area contributed by atoms with Gasteiger partial charge < -0.3 is 33.8 Å². The number of aliphatic hydroxyl groups is 1. The molecule has 0 aliphatic heterocycles. The van der Waals surface area contributed by atoms with Gasteiger partial charge in [0.1, 0.15) is 19.3 Å². The first-order valence-electron chi connectivity index (χ1n) is 40.9. The summed E-state index contributed by atoms with van der Waals surface area (Å²) in [6.45, 7) is 12.0. The van der Waals surface area contributed by atoms with Crippen molar-refractivity contribution in [2.75, 3.05) is 39.6 Å². The lowest BCUT2D eigenvalue weighted by Gasteiger charge is -2.21. The lowest BCUT2D eigenvalue weighted by Crippen LogP contribution is -2.30. The molecular formula is C79H154O17P2. The number of rotatable bonds is 77. The molecule has 3 unspecified atom stereocenters. The van der Waals surface area contributed by atoms with E-state index in [1.54, 1.807) is 0 Å². The molecule has 0 bridgehead atoms. The van der Waals surface area contributed by atoms with Gasteiger partial charge in [0.15, 0.2) is 12.2 Å². The van der Waals surface area contributed by atoms with Crippen molar-refractivity contribution in [3.05, 3.63) is 0 Å². The maximum Gasteiger partial charge on any atom is 0.472 e. The third-order valence-corrected chi connectivity index (χ3v) is 20.6. The molecule has 19 heteroatoms. The minimum atomic E-state index is -4.96. The highest BCUT2D eigenvalue weighted by molar-refractivity contribution is 7.47. The fourth-order valence-electron chi connectivity index (χ4n) is 12.1. The van der Waals surface area contributed by atoms with Crippen LogP contribution in [0.5, 0.6) is 0 Å². The molecule has 0 radical (unpaired) electrons. The molecule has 0 fully saturated rings. The molecule has 582 valence electrons. The molecule has 0 aromatic carbocycles. The van der Waals surface area contributed by atoms with Crippen molar-refractivity contribution >= 4 is 39.5 Å². The van der Waals surface area contributed by atoms with Crippen LogP contribution in [0, 0.1) is 17.8 Å². The molecule has 0 aromatic rings. The Labute approximate surface area is 600 Å². The Bertz CT molecular complexity index is 1910. The summed E-state index contributed by atoms with van der Waals surface area (Å²) in [6.07, 6.45) is 57.0. The fourth-order valence-corrected chi connectivity index (χ4v) is 13.7. The van der Waals surface area contributed by atoms with Gasteiger partial charge in [-0.05, 0) is 43.4 Å². The van der Waals surface area contributed by atoms with Gasteiger partial charge in [-0.1, -0.05) is 357 Å². The lowest BCUT2D eigenvalue weighted by molar-refractivity contribution is -0.161. The average molecular weight is 1440 g/mol. The maximum atomic E-state index is 13.1. The predicted molar refractivity (Wildman–Crippen MR) is 400 cm³/mol. The van der Waals surface area contributed by atoms with Crippen molar-refractivity contribution in [1.29, 1.82) is 0 Å². The van der Waals surface area contributed by atoms with Gasteiger partial charge in [-0.25, -0.2) is 9.13 Å². The zero-order valence-electron chi connectivity index (χ0n) is 64.3. The topological polar surface area (TPSA) is 237 Å². The van der Waals surface area contributed by atoms with Crippen molar-refractivity contribution in [2.45, 2.75) is 426 Å². The molecule has 6 atom stereocenters. The summed E-state index contributed by atoms with van der Waals surface area (Å²) in [6, 6.07) is 0. The number of hydrogen-bond donors (Lipinski definition) is 3. The third kappa shape index (κ3) is 71.1. The molecule has 3 N–H and O–H groups in total. The van der Waals surface area contributed by atoms with E-state index < -0.39 is 97.5 Å². The van der Waals surface area contributed by atoms with Crippen LogP contribution in [0.25, 0.3) is 0 Å². The van der Waals surface area contributed by atoms with Crippen LogP contribution >= 0.6 is 15.6 Å². The Morgan fingerprint density at radius 2 is 0.520 bits per heavy atom. The van der Waals surface area contributed by atoms with E-state index in [2.05, 4.69) is 48.5 Å². The van der Waals surface area contributed by atoms with E-state index in [-0.39, 0.29) is 25.7 Å². The summed E-state index contributed by atoms with van der Waals surface area (Å²) in [5.41, 5.74) is 0. The summed E-state index contributed by atoms with van der Waals surface area (Å²) in [5.74, 6) is 0.300. The van der Waals surface area contributed by atoms with Gasteiger partial charge in [-0.15, -0.1) is 0 Å². The summed E-state index contributed by atoms with van der Waals surface area (Å²) < 4.78 is 68.5. The number of unbranched alkanes of at least 4 members (excludes halogenated alkanes) is 44. The number of aliphatic hydroxyl groups excluding tert-OH is 1. The molecule has 0 aromatic heterocycles. The van der Waals surface area contributed by atoms with Crippen LogP contribution < -0.4 is 0 Å². The molecule has 0 aliphatic carbocycles. The van der Waals surface area contributed by atoms with Crippen molar-refractivity contribution in [2.24, 2.45) is 17.8 Å². The number of hydrogen-bond acceptors (Lipinski definition) is 15. The Morgan fingerprint density at radius 3 is 0.776 bits per heavy atom. The summed E-state index contributed by atoms with van der Waals surface area (Å²) in [4.78, 5) is 72.8. The standard InChI is InChI=1S/C79H154O17P2/c1-8-10-11-12-36-46-53-60-76(81)89-66-74(95-79(84)63-56-49-42-35-29-23-25-31-38-44-51-58-71(5)6)68-93-97(85,86)91-64-73(80)65-92-98(87,88)94-69-75(67-90-77(82)61-54-47-40-33-27-22-21-24-30-37-43-50-57-70(3)4)96-78(83)62-55-48-41-34-28-20-18-16-14-13-15-17-19-26-32-39-45-52-59-72(7)9-2/h70-75,80H,8-69H2,1-7H3,(H,85,86)(H,87,88)/t72?,73-,74+,75+/m0/s1. The predicted octanol–water partition coefficient (Wildman–Crippen LogP) is 23.4. The zero-order valence-corrected chi connectivity index (χ0v) is 66.0. The first kappa shape index (κ1) is 96.1. The van der Waals surface area contributed by atoms with Crippen molar-refractivity contribution in [3.8, 4) is 0 Å². The van der Waals surface area contributed by atoms with Crippen LogP contribution in [0.2, 0.25) is 0 Å². The molecule has 17 nitrogen and oxygen atoms in total. The Balaban J connectivity index is 5.17. The van der Waals surface area contributed by atoms with Gasteiger partial charge in [-0.2, -0.15) is 0 Å². The molecule has 0 amide bonds. The number of phosphoric ester groups is 2. The van der Waals surface area contributed by atoms with E-state index in [1.165, 1.54) is 205 Å². The van der Waals surface area contributed by atoms with Crippen LogP contribution in [0.3, 0.4) is 0 Å². The van der Waals surface area contributed by atoms with Crippen LogP contribution in [0.4, 0.5) is 0 Å². The van der Waals surface area contributed by atoms with Crippen LogP contribution in [0.1, 0.15) is 408 Å². The average Bonchev–Trinajstić information content (AvgIpc) is 0.937. The lowest BCUT2D eigenvalue weighted by atomic mass is 9.99. The minimum absolute atomic E-state index is 0.106. The SMILES string of the molecule is CCCCCCCCCC(=O)OC[C@H](COP(=O)(O)OC[C@H](O)COP(=O)(O)OC[C@@H](COC(=O)CCCCCCCCCCCCCCC(C)C)OC(=O)CCCCCCCCCCCCCCCCCCCCC(C)CC)OC(=O)CCCCCCCCCCCCCC(C)C. The highest BCUT2D eigenvalue weighted by Gasteiger charge is 2.30. The van der Waals surface area contributed by atoms with E-state index in [0.29, 0.717) is 25.7 Å². The van der Waals surface area contributed by atoms with Gasteiger partial charge in [-0.3, -0.25) is 37.3 Å². The summed E-state index contributed by atoms with van der Waals surface area (Å²) in [7, 11) is -9.91. The van der Waals surface area contributed by atoms with Gasteiger partial charge in [0.25, 0.3) is 0 Å². The molecule has 0 heterocycles. The first-order valence-corrected chi connectivity index (χ1v) is 43.9. The molecule has 0 rings (SSSR count). The molecule has 0 saturated carbocycles. The van der Waals surface area contributed by atoms with Crippen molar-refractivity contribution in [3.63, 3.8) is 0 Å². The van der Waals surface area contributed by atoms with E-state index in [9.17, 15) is 43.2 Å². The number of carbonyl (C=O) groups is 4. The van der Waals surface area contributed by atoms with Gasteiger partial charge in [0.2, 0.25) is 0 Å². The smallest absolute Gasteiger partial charge is 0.462 e. The molecule has 0 spiro atoms. The maximum absolute atomic E-state index is 13.1. The highest BCUT2D eigenvalue weighted by Crippen LogP contribution is 2.45. The minimum Gasteiger partial charge on any atom is -0.462 e. The van der Waals surface area contributed by atoms with Gasteiger partial charge in [0.05, 0.1) is 26.4 Å². The van der Waals surface area contributed by atoms with E-state index >= 15 is 0 Å². The second-order valence-corrected chi connectivity index (χ2v) is 32.6. The second kappa shape index (κ2) is 69.4. The van der Waals surface area contributed by atoms with E-state index in [1.807, 2.05) is 0 Å². The Morgan fingerprint density at radius 1 is 0.296 bits per heavy atom. The van der Waals surface area contributed by atoms with Crippen LogP contribution in [0.15, 0.2) is 0 Å². The van der Waals surface area contributed by atoms with Gasteiger partial charge in [0, 0.05) is 25.7 Å². The molecule has 0 aliphatic rings.